The number of amides is 1. The molecule has 2 rings (SSSR count). The van der Waals surface area contributed by atoms with Gasteiger partial charge in [-0.05, 0) is 25.1 Å². The summed E-state index contributed by atoms with van der Waals surface area (Å²) in [5.41, 5.74) is 0.540. The van der Waals surface area contributed by atoms with E-state index in [1.807, 2.05) is 6.92 Å². The van der Waals surface area contributed by atoms with E-state index in [9.17, 15) is 4.79 Å². The van der Waals surface area contributed by atoms with Gasteiger partial charge in [0.15, 0.2) is 5.82 Å². The fraction of sp³-hybridized carbons (Fsp3) is 0.308. The van der Waals surface area contributed by atoms with Gasteiger partial charge < -0.3 is 11.2 Å². The first-order valence-corrected chi connectivity index (χ1v) is 8.17. The summed E-state index contributed by atoms with van der Waals surface area (Å²) in [5.74, 6) is 6.32. The largest absolute Gasteiger partial charge is 0.336 e. The van der Waals surface area contributed by atoms with Crippen LogP contribution in [0.5, 0.6) is 0 Å². The van der Waals surface area contributed by atoms with Crippen LogP contribution in [0.3, 0.4) is 0 Å². The minimum atomic E-state index is -0.408. The van der Waals surface area contributed by atoms with E-state index >= 15 is 0 Å². The van der Waals surface area contributed by atoms with Crippen LogP contribution >= 0.6 is 35.0 Å². The second kappa shape index (κ2) is 7.21. The zero-order chi connectivity index (χ0) is 16.3. The van der Waals surface area contributed by atoms with Crippen LogP contribution in [0.4, 0.5) is 5.69 Å². The number of hydrogen-bond donors (Lipinski definition) is 2. The third kappa shape index (κ3) is 4.06. The van der Waals surface area contributed by atoms with Crippen molar-refractivity contribution in [2.75, 3.05) is 11.2 Å². The summed E-state index contributed by atoms with van der Waals surface area (Å²) in [6.45, 7) is 3.69. The minimum absolute atomic E-state index is 0.204. The Morgan fingerprint density at radius 2 is 2.00 bits per heavy atom. The van der Waals surface area contributed by atoms with E-state index in [0.717, 1.165) is 0 Å². The Labute approximate surface area is 142 Å². The number of thioether (sulfide) groups is 1. The minimum Gasteiger partial charge on any atom is -0.336 e. The zero-order valence-electron chi connectivity index (χ0n) is 12.0. The number of hydrogen-bond acceptors (Lipinski definition) is 5. The van der Waals surface area contributed by atoms with Gasteiger partial charge in [-0.25, -0.2) is 4.68 Å². The Kier molecular flexibility index (Phi) is 5.55. The summed E-state index contributed by atoms with van der Waals surface area (Å²) in [4.78, 5) is 12.2. The number of carbonyl (C=O) groups excluding carboxylic acids is 1. The number of aromatic nitrogens is 3. The first-order chi connectivity index (χ1) is 10.4. The van der Waals surface area contributed by atoms with Crippen molar-refractivity contribution in [3.8, 4) is 0 Å². The number of nitrogens with zero attached hydrogens (tertiary/aromatic N) is 3. The molecule has 22 heavy (non-hydrogen) atoms. The highest BCUT2D eigenvalue weighted by Gasteiger charge is 2.19. The predicted molar refractivity (Wildman–Crippen MR) is 90.0 cm³/mol. The molecule has 6 nitrogen and oxygen atoms in total. The lowest BCUT2D eigenvalue weighted by molar-refractivity contribution is -0.115. The predicted octanol–water partition coefficient (Wildman–Crippen LogP) is 2.98. The van der Waals surface area contributed by atoms with Gasteiger partial charge >= 0.3 is 0 Å². The maximum Gasteiger partial charge on any atom is 0.237 e. The molecule has 1 heterocycles. The number of nitrogens with two attached hydrogens (primary N) is 1. The number of rotatable bonds is 5. The fourth-order valence-electron chi connectivity index (χ4n) is 1.71. The van der Waals surface area contributed by atoms with Gasteiger partial charge in [0.2, 0.25) is 11.1 Å². The Hall–Kier alpha value is -1.44. The van der Waals surface area contributed by atoms with Crippen LogP contribution in [0.1, 0.15) is 19.7 Å². The molecule has 1 aromatic heterocycles. The molecule has 3 N–H and O–H groups in total. The molecule has 0 radical (unpaired) electrons. The molecule has 0 aliphatic carbocycles. The molecule has 1 amide bonds. The lowest BCUT2D eigenvalue weighted by Crippen LogP contribution is -2.23. The van der Waals surface area contributed by atoms with Crippen LogP contribution in [0.15, 0.2) is 23.4 Å². The smallest absolute Gasteiger partial charge is 0.237 e. The third-order valence-electron chi connectivity index (χ3n) is 2.83. The van der Waals surface area contributed by atoms with Gasteiger partial charge in [-0.1, -0.05) is 41.9 Å². The number of benzene rings is 1. The van der Waals surface area contributed by atoms with E-state index in [1.54, 1.807) is 25.1 Å². The molecule has 0 aliphatic heterocycles. The van der Waals surface area contributed by atoms with Crippen molar-refractivity contribution >= 4 is 46.6 Å². The van der Waals surface area contributed by atoms with Crippen LogP contribution in [0.25, 0.3) is 0 Å². The SMILES string of the molecule is CCc1nnc(S[C@@H](C)C(=O)Nc2cc(Cl)cc(Cl)c2)n1N. The average Bonchev–Trinajstić information content (AvgIpc) is 2.78. The first-order valence-electron chi connectivity index (χ1n) is 6.53. The summed E-state index contributed by atoms with van der Waals surface area (Å²) >= 11 is 13.0. The Morgan fingerprint density at radius 1 is 1.36 bits per heavy atom. The average molecular weight is 360 g/mol. The van der Waals surface area contributed by atoms with Crippen molar-refractivity contribution in [1.82, 2.24) is 14.9 Å². The number of carbonyl (C=O) groups is 1. The van der Waals surface area contributed by atoms with Crippen LogP contribution < -0.4 is 11.2 Å². The molecule has 0 saturated carbocycles. The third-order valence-corrected chi connectivity index (χ3v) is 4.33. The van der Waals surface area contributed by atoms with Crippen LogP contribution in [0, 0.1) is 0 Å². The molecule has 9 heteroatoms. The summed E-state index contributed by atoms with van der Waals surface area (Å²) in [7, 11) is 0. The summed E-state index contributed by atoms with van der Waals surface area (Å²) in [5, 5.41) is 11.7. The van der Waals surface area contributed by atoms with Gasteiger partial charge in [-0.15, -0.1) is 10.2 Å². The van der Waals surface area contributed by atoms with E-state index < -0.39 is 5.25 Å². The maximum absolute atomic E-state index is 12.2. The zero-order valence-corrected chi connectivity index (χ0v) is 14.3. The van der Waals surface area contributed by atoms with Crippen molar-refractivity contribution in [3.05, 3.63) is 34.1 Å². The standard InChI is InChI=1S/C13H15Cl2N5OS/c1-3-11-18-19-13(20(11)16)22-7(2)12(21)17-10-5-8(14)4-9(15)6-10/h4-7H,3,16H2,1-2H3,(H,17,21)/t7-/m0/s1. The number of nitrogen functional groups attached to an aromatic ring is 1. The van der Waals surface area contributed by atoms with Gasteiger partial charge in [-0.3, -0.25) is 4.79 Å². The number of nitrogens with one attached hydrogen (secondary N) is 1. The molecule has 0 aliphatic rings. The molecule has 1 aromatic carbocycles. The van der Waals surface area contributed by atoms with Gasteiger partial charge in [0.1, 0.15) is 0 Å². The Bertz CT molecular complexity index is 671. The molecule has 0 unspecified atom stereocenters. The lowest BCUT2D eigenvalue weighted by Gasteiger charge is -2.12. The topological polar surface area (TPSA) is 85.8 Å². The van der Waals surface area contributed by atoms with Crippen LogP contribution in [-0.4, -0.2) is 26.0 Å². The van der Waals surface area contributed by atoms with E-state index in [0.29, 0.717) is 33.1 Å². The van der Waals surface area contributed by atoms with Crippen LogP contribution in [-0.2, 0) is 11.2 Å². The van der Waals surface area contributed by atoms with Gasteiger partial charge in [0.25, 0.3) is 0 Å². The van der Waals surface area contributed by atoms with E-state index in [1.165, 1.54) is 16.4 Å². The maximum atomic E-state index is 12.2. The molecule has 1 atom stereocenters. The summed E-state index contributed by atoms with van der Waals surface area (Å²) in [6.07, 6.45) is 0.672. The van der Waals surface area contributed by atoms with Gasteiger partial charge in [0.05, 0.1) is 5.25 Å². The highest BCUT2D eigenvalue weighted by molar-refractivity contribution is 8.00. The monoisotopic (exact) mass is 359 g/mol. The number of halogens is 2. The fourth-order valence-corrected chi connectivity index (χ4v) is 3.03. The van der Waals surface area contributed by atoms with E-state index in [4.69, 9.17) is 29.0 Å². The van der Waals surface area contributed by atoms with Gasteiger partial charge in [0, 0.05) is 22.2 Å². The molecular formula is C13H15Cl2N5OS. The Morgan fingerprint density at radius 3 is 2.55 bits per heavy atom. The second-order valence-corrected chi connectivity index (χ2v) is 6.71. The highest BCUT2D eigenvalue weighted by Crippen LogP contribution is 2.25. The summed E-state index contributed by atoms with van der Waals surface area (Å²) in [6, 6.07) is 4.85. The van der Waals surface area contributed by atoms with Crippen molar-refractivity contribution in [1.29, 1.82) is 0 Å². The van der Waals surface area contributed by atoms with E-state index in [-0.39, 0.29) is 5.91 Å². The molecular weight excluding hydrogens is 345 g/mol. The normalized spacial score (nSPS) is 12.2. The lowest BCUT2D eigenvalue weighted by atomic mass is 10.3. The van der Waals surface area contributed by atoms with Crippen molar-refractivity contribution in [2.24, 2.45) is 0 Å². The number of anilines is 1. The molecule has 0 bridgehead atoms. The Balaban J connectivity index is 2.04. The van der Waals surface area contributed by atoms with Crippen molar-refractivity contribution in [2.45, 2.75) is 30.7 Å². The summed E-state index contributed by atoms with van der Waals surface area (Å²) < 4.78 is 1.39. The molecule has 2 aromatic rings. The highest BCUT2D eigenvalue weighted by atomic mass is 35.5. The van der Waals surface area contributed by atoms with Crippen LogP contribution in [0.2, 0.25) is 10.0 Å². The number of aryl methyl sites for hydroxylation is 1. The van der Waals surface area contributed by atoms with Gasteiger partial charge in [-0.2, -0.15) is 0 Å². The molecule has 0 saturated heterocycles. The molecule has 0 fully saturated rings. The van der Waals surface area contributed by atoms with Crippen molar-refractivity contribution < 1.29 is 4.79 Å². The first kappa shape index (κ1) is 16.9. The second-order valence-electron chi connectivity index (χ2n) is 4.53. The van der Waals surface area contributed by atoms with E-state index in [2.05, 4.69) is 15.5 Å². The molecule has 0 spiro atoms. The quantitative estimate of drug-likeness (QED) is 0.632. The molecule has 118 valence electrons. The van der Waals surface area contributed by atoms with Crippen molar-refractivity contribution in [3.63, 3.8) is 0 Å².